The molecule has 0 spiro atoms. The Bertz CT molecular complexity index is 1110. The molecule has 3 aromatic rings. The first-order chi connectivity index (χ1) is 14.6. The molecule has 0 atom stereocenters. The summed E-state index contributed by atoms with van der Waals surface area (Å²) in [4.78, 5) is 12.6. The number of amides is 1. The zero-order valence-corrected chi connectivity index (χ0v) is 17.3. The van der Waals surface area contributed by atoms with Crippen molar-refractivity contribution in [3.63, 3.8) is 0 Å². The molecule has 3 rings (SSSR count). The number of carbonyl (C=O) groups is 1. The number of hydrogen-bond acceptors (Lipinski definition) is 4. The number of hydrogen-bond donors (Lipinski definition) is 1. The van der Waals surface area contributed by atoms with Gasteiger partial charge in [-0.15, -0.1) is 6.58 Å². The van der Waals surface area contributed by atoms with Gasteiger partial charge in [-0.3, -0.25) is 4.79 Å². The molecule has 1 aromatic heterocycles. The van der Waals surface area contributed by atoms with Crippen LogP contribution in [0.25, 0.3) is 11.3 Å². The van der Waals surface area contributed by atoms with E-state index in [1.807, 2.05) is 42.5 Å². The van der Waals surface area contributed by atoms with Crippen molar-refractivity contribution in [2.24, 2.45) is 0 Å². The van der Waals surface area contributed by atoms with Gasteiger partial charge in [-0.05, 0) is 31.0 Å². The Morgan fingerprint density at radius 1 is 1.23 bits per heavy atom. The van der Waals surface area contributed by atoms with E-state index in [-0.39, 0.29) is 19.1 Å². The minimum absolute atomic E-state index is 0.170. The minimum atomic E-state index is -0.324. The van der Waals surface area contributed by atoms with E-state index in [0.717, 1.165) is 17.7 Å². The number of ether oxygens (including phenoxy) is 1. The van der Waals surface area contributed by atoms with Crippen LogP contribution in [-0.4, -0.2) is 24.2 Å². The first-order valence-electron chi connectivity index (χ1n) is 9.38. The van der Waals surface area contributed by atoms with Gasteiger partial charge >= 0.3 is 0 Å². The molecule has 5 nitrogen and oxygen atoms in total. The van der Waals surface area contributed by atoms with Crippen molar-refractivity contribution in [1.82, 2.24) is 10.5 Å². The van der Waals surface area contributed by atoms with Crippen LogP contribution in [0.3, 0.4) is 0 Å². The van der Waals surface area contributed by atoms with E-state index >= 15 is 0 Å². The highest BCUT2D eigenvalue weighted by molar-refractivity contribution is 6.33. The molecule has 2 aromatic carbocycles. The number of allylic oxidation sites excluding steroid dienone is 1. The number of carbonyl (C=O) groups excluding carboxylic acids is 1. The van der Waals surface area contributed by atoms with Crippen molar-refractivity contribution in [3.8, 4) is 28.8 Å². The van der Waals surface area contributed by atoms with Crippen LogP contribution < -0.4 is 10.1 Å². The van der Waals surface area contributed by atoms with Crippen LogP contribution in [0.4, 0.5) is 0 Å². The van der Waals surface area contributed by atoms with E-state index < -0.39 is 0 Å². The average Bonchev–Trinajstić information content (AvgIpc) is 3.13. The predicted octanol–water partition coefficient (Wildman–Crippen LogP) is 4.84. The quantitative estimate of drug-likeness (QED) is 0.438. The maximum absolute atomic E-state index is 12.6. The summed E-state index contributed by atoms with van der Waals surface area (Å²) < 4.78 is 10.9. The first-order valence-corrected chi connectivity index (χ1v) is 9.76. The molecule has 0 aliphatic heterocycles. The van der Waals surface area contributed by atoms with E-state index in [0.29, 0.717) is 27.6 Å². The van der Waals surface area contributed by atoms with Gasteiger partial charge in [-0.25, -0.2) is 0 Å². The van der Waals surface area contributed by atoms with Crippen LogP contribution in [-0.2, 0) is 6.42 Å². The lowest BCUT2D eigenvalue weighted by Gasteiger charge is -2.07. The molecule has 1 amide bonds. The number of benzene rings is 2. The van der Waals surface area contributed by atoms with Gasteiger partial charge < -0.3 is 14.6 Å². The van der Waals surface area contributed by atoms with Crippen molar-refractivity contribution in [2.45, 2.75) is 13.3 Å². The van der Waals surface area contributed by atoms with E-state index in [9.17, 15) is 4.79 Å². The van der Waals surface area contributed by atoms with E-state index in [1.54, 1.807) is 19.1 Å². The molecule has 30 heavy (non-hydrogen) atoms. The third-order valence-corrected chi connectivity index (χ3v) is 4.65. The summed E-state index contributed by atoms with van der Waals surface area (Å²) in [7, 11) is 0. The second-order valence-electron chi connectivity index (χ2n) is 6.37. The maximum atomic E-state index is 12.6. The summed E-state index contributed by atoms with van der Waals surface area (Å²) in [6, 6.07) is 14.9. The lowest BCUT2D eigenvalue weighted by Crippen LogP contribution is -2.24. The topological polar surface area (TPSA) is 64.4 Å². The van der Waals surface area contributed by atoms with Crippen molar-refractivity contribution >= 4 is 17.5 Å². The van der Waals surface area contributed by atoms with Gasteiger partial charge in [-0.1, -0.05) is 71.1 Å². The largest absolute Gasteiger partial charge is 0.481 e. The highest BCUT2D eigenvalue weighted by Crippen LogP contribution is 2.30. The van der Waals surface area contributed by atoms with Gasteiger partial charge in [0.25, 0.3) is 5.91 Å². The lowest BCUT2D eigenvalue weighted by atomic mass is 10.1. The fourth-order valence-electron chi connectivity index (χ4n) is 2.89. The molecule has 0 unspecified atom stereocenters. The van der Waals surface area contributed by atoms with Crippen molar-refractivity contribution in [1.29, 1.82) is 0 Å². The average molecular weight is 421 g/mol. The number of halogens is 1. The highest BCUT2D eigenvalue weighted by atomic mass is 35.5. The highest BCUT2D eigenvalue weighted by Gasteiger charge is 2.22. The molecule has 0 aliphatic rings. The van der Waals surface area contributed by atoms with Crippen LogP contribution in [0.15, 0.2) is 65.7 Å². The Morgan fingerprint density at radius 2 is 2.00 bits per heavy atom. The van der Waals surface area contributed by atoms with Crippen LogP contribution in [0, 0.1) is 18.8 Å². The zero-order chi connectivity index (χ0) is 21.3. The summed E-state index contributed by atoms with van der Waals surface area (Å²) in [6.07, 6.45) is 2.55. The smallest absolute Gasteiger partial charge is 0.257 e. The number of nitrogens with one attached hydrogen (secondary N) is 1. The summed E-state index contributed by atoms with van der Waals surface area (Å²) in [5, 5.41) is 7.25. The number of aromatic nitrogens is 1. The lowest BCUT2D eigenvalue weighted by molar-refractivity contribution is 0.0957. The Morgan fingerprint density at radius 3 is 2.80 bits per heavy atom. The summed E-state index contributed by atoms with van der Waals surface area (Å²) >= 11 is 6.23. The van der Waals surface area contributed by atoms with Gasteiger partial charge in [0.2, 0.25) is 0 Å². The molecule has 152 valence electrons. The fourth-order valence-corrected chi connectivity index (χ4v) is 3.11. The Kier molecular flexibility index (Phi) is 7.31. The molecule has 0 saturated heterocycles. The second-order valence-corrected chi connectivity index (χ2v) is 6.77. The Balaban J connectivity index is 1.59. The van der Waals surface area contributed by atoms with E-state index in [4.69, 9.17) is 20.9 Å². The van der Waals surface area contributed by atoms with Gasteiger partial charge in [0.15, 0.2) is 0 Å². The third-order valence-electron chi connectivity index (χ3n) is 4.32. The van der Waals surface area contributed by atoms with Gasteiger partial charge in [0.1, 0.15) is 29.4 Å². The van der Waals surface area contributed by atoms with Crippen LogP contribution in [0.1, 0.15) is 21.7 Å². The van der Waals surface area contributed by atoms with Crippen molar-refractivity contribution in [2.75, 3.05) is 13.2 Å². The monoisotopic (exact) mass is 420 g/mol. The van der Waals surface area contributed by atoms with Crippen molar-refractivity contribution in [3.05, 3.63) is 83.1 Å². The predicted molar refractivity (Wildman–Crippen MR) is 118 cm³/mol. The molecule has 0 aliphatic carbocycles. The third kappa shape index (κ3) is 5.11. The SMILES string of the molecule is C=CCc1ccccc1OCC#CCNC(=O)c1c(-c2ccccc2Cl)noc1C. The van der Waals surface area contributed by atoms with E-state index in [1.165, 1.54) is 0 Å². The number of rotatable bonds is 7. The van der Waals surface area contributed by atoms with Crippen LogP contribution in [0.5, 0.6) is 5.75 Å². The number of para-hydroxylation sites is 1. The molecule has 1 N–H and O–H groups in total. The molecule has 0 radical (unpaired) electrons. The molecule has 0 fully saturated rings. The Hall–Kier alpha value is -3.49. The molecule has 1 heterocycles. The zero-order valence-electron chi connectivity index (χ0n) is 16.6. The van der Waals surface area contributed by atoms with Gasteiger partial charge in [-0.2, -0.15) is 0 Å². The normalized spacial score (nSPS) is 10.1. The molecule has 0 saturated carbocycles. The minimum Gasteiger partial charge on any atom is -0.481 e. The molecular weight excluding hydrogens is 400 g/mol. The summed E-state index contributed by atoms with van der Waals surface area (Å²) in [6.45, 7) is 5.83. The molecular formula is C24H21ClN2O3. The van der Waals surface area contributed by atoms with Crippen LogP contribution >= 0.6 is 11.6 Å². The van der Waals surface area contributed by atoms with Gasteiger partial charge in [0, 0.05) is 5.56 Å². The maximum Gasteiger partial charge on any atom is 0.257 e. The summed E-state index contributed by atoms with van der Waals surface area (Å²) in [5.41, 5.74) is 2.45. The Labute approximate surface area is 180 Å². The molecule has 6 heteroatoms. The van der Waals surface area contributed by atoms with Crippen LogP contribution in [0.2, 0.25) is 5.02 Å². The van der Waals surface area contributed by atoms with E-state index in [2.05, 4.69) is 28.9 Å². The number of nitrogens with zero attached hydrogens (tertiary/aromatic N) is 1. The fraction of sp³-hybridized carbons (Fsp3) is 0.167. The standard InChI is InChI=1S/C24H21ClN2O3/c1-3-10-18-11-4-7-14-21(18)29-16-9-8-15-26-24(28)22-17(2)30-27-23(22)19-12-5-6-13-20(19)25/h3-7,11-14H,1,10,15-16H2,2H3,(H,26,28). The second kappa shape index (κ2) is 10.3. The van der Waals surface area contributed by atoms with Crippen molar-refractivity contribution < 1.29 is 14.1 Å². The van der Waals surface area contributed by atoms with Gasteiger partial charge in [0.05, 0.1) is 11.6 Å². The summed E-state index contributed by atoms with van der Waals surface area (Å²) in [5.74, 6) is 6.66. The first kappa shape index (κ1) is 21.2. The molecule has 0 bridgehead atoms. The number of aryl methyl sites for hydroxylation is 1.